The van der Waals surface area contributed by atoms with E-state index in [2.05, 4.69) is 43.7 Å². The molecule has 0 spiro atoms. The Balaban J connectivity index is 1.19. The topological polar surface area (TPSA) is 102 Å². The minimum atomic E-state index is -0.513. The summed E-state index contributed by atoms with van der Waals surface area (Å²) in [5.74, 6) is 0. The first-order valence-corrected chi connectivity index (χ1v) is 13.7. The first-order valence-electron chi connectivity index (χ1n) is 12.9. The summed E-state index contributed by atoms with van der Waals surface area (Å²) in [6.07, 6.45) is 8.27. The van der Waals surface area contributed by atoms with Crippen LogP contribution < -0.4 is 10.2 Å². The summed E-state index contributed by atoms with van der Waals surface area (Å²) in [6.45, 7) is 7.16. The van der Waals surface area contributed by atoms with E-state index in [1.807, 2.05) is 75.2 Å². The third-order valence-electron chi connectivity index (χ3n) is 6.53. The van der Waals surface area contributed by atoms with E-state index in [9.17, 15) is 4.79 Å². The Bertz CT molecular complexity index is 1670. The van der Waals surface area contributed by atoms with E-state index in [4.69, 9.17) is 9.72 Å². The second-order valence-corrected chi connectivity index (χ2v) is 11.8. The Morgan fingerprint density at radius 3 is 2.74 bits per heavy atom. The molecular formula is C28H30N8O2S. The smallest absolute Gasteiger partial charge is 0.407 e. The second kappa shape index (κ2) is 9.88. The Hall–Kier alpha value is -4.12. The van der Waals surface area contributed by atoms with Crippen molar-refractivity contribution in [3.05, 3.63) is 61.2 Å². The van der Waals surface area contributed by atoms with Crippen molar-refractivity contribution in [2.24, 2.45) is 7.05 Å². The number of nitrogens with one attached hydrogen (secondary N) is 1. The lowest BCUT2D eigenvalue weighted by Gasteiger charge is -2.22. The van der Waals surface area contributed by atoms with Gasteiger partial charge in [-0.1, -0.05) is 0 Å². The highest BCUT2D eigenvalue weighted by Crippen LogP contribution is 2.32. The van der Waals surface area contributed by atoms with Crippen molar-refractivity contribution in [2.45, 2.75) is 48.9 Å². The Morgan fingerprint density at radius 2 is 1.95 bits per heavy atom. The highest BCUT2D eigenvalue weighted by Gasteiger charge is 2.26. The van der Waals surface area contributed by atoms with Crippen LogP contribution in [-0.2, 0) is 11.8 Å². The van der Waals surface area contributed by atoms with E-state index in [1.54, 1.807) is 16.4 Å². The number of alkyl carbamates (subject to hydrolysis) is 1. The molecule has 10 nitrogen and oxygen atoms in total. The van der Waals surface area contributed by atoms with Crippen LogP contribution in [-0.4, -0.2) is 60.2 Å². The Kier molecular flexibility index (Phi) is 6.38. The van der Waals surface area contributed by atoms with Crippen molar-refractivity contribution in [1.29, 1.82) is 0 Å². The lowest BCUT2D eigenvalue weighted by atomic mass is 10.2. The number of carbonyl (C=O) groups is 1. The molecule has 1 amide bonds. The fourth-order valence-electron chi connectivity index (χ4n) is 4.71. The largest absolute Gasteiger partial charge is 0.444 e. The first kappa shape index (κ1) is 25.2. The van der Waals surface area contributed by atoms with Gasteiger partial charge in [0, 0.05) is 53.9 Å². The van der Waals surface area contributed by atoms with Gasteiger partial charge in [0.25, 0.3) is 0 Å². The van der Waals surface area contributed by atoms with E-state index in [0.29, 0.717) is 6.54 Å². The van der Waals surface area contributed by atoms with Crippen molar-refractivity contribution in [2.75, 3.05) is 18.0 Å². The molecule has 39 heavy (non-hydrogen) atoms. The van der Waals surface area contributed by atoms with Gasteiger partial charge in [0.15, 0.2) is 10.8 Å². The molecule has 200 valence electrons. The SMILES string of the molecule is Cn1cc(-c2ccc3nnc(Sc4ccc5ncc(N6CCC(NC(=O)OC(C)(C)C)C6)cc5c4)n3c2)cn1. The van der Waals surface area contributed by atoms with Gasteiger partial charge in [0.2, 0.25) is 0 Å². The molecule has 1 unspecified atom stereocenters. The summed E-state index contributed by atoms with van der Waals surface area (Å²) in [5, 5.41) is 17.9. The fourth-order valence-corrected chi connectivity index (χ4v) is 5.57. The van der Waals surface area contributed by atoms with Gasteiger partial charge in [0.1, 0.15) is 5.60 Å². The number of amides is 1. The molecule has 1 aromatic carbocycles. The third-order valence-corrected chi connectivity index (χ3v) is 7.48. The molecule has 1 N–H and O–H groups in total. The highest BCUT2D eigenvalue weighted by molar-refractivity contribution is 7.99. The number of carbonyl (C=O) groups excluding carboxylic acids is 1. The van der Waals surface area contributed by atoms with E-state index in [0.717, 1.165) is 56.4 Å². The molecule has 5 aromatic rings. The lowest BCUT2D eigenvalue weighted by Crippen LogP contribution is -2.40. The minimum Gasteiger partial charge on any atom is -0.444 e. The molecule has 1 atom stereocenters. The second-order valence-electron chi connectivity index (χ2n) is 10.8. The van der Waals surface area contributed by atoms with Crippen LogP contribution in [0.4, 0.5) is 10.5 Å². The molecule has 1 saturated heterocycles. The van der Waals surface area contributed by atoms with Crippen LogP contribution in [0.5, 0.6) is 0 Å². The maximum absolute atomic E-state index is 12.2. The Labute approximate surface area is 230 Å². The van der Waals surface area contributed by atoms with Gasteiger partial charge >= 0.3 is 6.09 Å². The van der Waals surface area contributed by atoms with Crippen LogP contribution in [0.15, 0.2) is 71.2 Å². The van der Waals surface area contributed by atoms with Crippen molar-refractivity contribution in [1.82, 2.24) is 34.7 Å². The summed E-state index contributed by atoms with van der Waals surface area (Å²) in [6, 6.07) is 12.4. The number of ether oxygens (including phenoxy) is 1. The number of fused-ring (bicyclic) bond motifs is 2. The summed E-state index contributed by atoms with van der Waals surface area (Å²) in [4.78, 5) is 20.2. The minimum absolute atomic E-state index is 0.0372. The van der Waals surface area contributed by atoms with Gasteiger partial charge in [0.05, 0.1) is 29.6 Å². The van der Waals surface area contributed by atoms with E-state index < -0.39 is 5.60 Å². The summed E-state index contributed by atoms with van der Waals surface area (Å²) >= 11 is 1.56. The maximum Gasteiger partial charge on any atom is 0.407 e. The average molecular weight is 543 g/mol. The zero-order valence-corrected chi connectivity index (χ0v) is 23.1. The Morgan fingerprint density at radius 1 is 1.08 bits per heavy atom. The van der Waals surface area contributed by atoms with Crippen molar-refractivity contribution < 1.29 is 9.53 Å². The van der Waals surface area contributed by atoms with Gasteiger partial charge in [-0.2, -0.15) is 5.10 Å². The molecule has 5 heterocycles. The zero-order valence-electron chi connectivity index (χ0n) is 22.3. The number of pyridine rings is 2. The monoisotopic (exact) mass is 542 g/mol. The number of aromatic nitrogens is 6. The van der Waals surface area contributed by atoms with E-state index >= 15 is 0 Å². The number of benzene rings is 1. The number of hydrogen-bond donors (Lipinski definition) is 1. The summed E-state index contributed by atoms with van der Waals surface area (Å²) < 4.78 is 9.21. The van der Waals surface area contributed by atoms with Crippen LogP contribution in [0.1, 0.15) is 27.2 Å². The van der Waals surface area contributed by atoms with Crippen LogP contribution >= 0.6 is 11.8 Å². The molecule has 1 aliphatic rings. The normalized spacial score (nSPS) is 15.8. The van der Waals surface area contributed by atoms with E-state index in [-0.39, 0.29) is 12.1 Å². The quantitative estimate of drug-likeness (QED) is 0.333. The molecule has 1 aliphatic heterocycles. The number of hydrogen-bond acceptors (Lipinski definition) is 8. The number of nitrogens with zero attached hydrogens (tertiary/aromatic N) is 7. The zero-order chi connectivity index (χ0) is 27.1. The first-order chi connectivity index (χ1) is 18.7. The van der Waals surface area contributed by atoms with Gasteiger partial charge < -0.3 is 15.0 Å². The van der Waals surface area contributed by atoms with Gasteiger partial charge in [-0.25, -0.2) is 4.79 Å². The predicted octanol–water partition coefficient (Wildman–Crippen LogP) is 4.93. The lowest BCUT2D eigenvalue weighted by molar-refractivity contribution is 0.0509. The van der Waals surface area contributed by atoms with Crippen molar-refractivity contribution in [3.8, 4) is 11.1 Å². The van der Waals surface area contributed by atoms with Crippen molar-refractivity contribution >= 4 is 40.1 Å². The van der Waals surface area contributed by atoms with Crippen LogP contribution in [0.2, 0.25) is 0 Å². The average Bonchev–Trinajstić information content (AvgIpc) is 3.63. The number of rotatable bonds is 5. The highest BCUT2D eigenvalue weighted by atomic mass is 32.2. The van der Waals surface area contributed by atoms with Gasteiger partial charge in [-0.05, 0) is 75.4 Å². The molecule has 0 radical (unpaired) electrons. The maximum atomic E-state index is 12.2. The van der Waals surface area contributed by atoms with Gasteiger partial charge in [-0.3, -0.25) is 14.1 Å². The van der Waals surface area contributed by atoms with Crippen LogP contribution in [0, 0.1) is 0 Å². The summed E-state index contributed by atoms with van der Waals surface area (Å²) in [5.41, 5.74) is 4.33. The molecule has 0 bridgehead atoms. The van der Waals surface area contributed by atoms with Crippen molar-refractivity contribution in [3.63, 3.8) is 0 Å². The van der Waals surface area contributed by atoms with Crippen LogP contribution in [0.25, 0.3) is 27.7 Å². The summed E-state index contributed by atoms with van der Waals surface area (Å²) in [7, 11) is 1.91. The molecule has 11 heteroatoms. The standard InChI is InChI=1S/C28H30N8O2S/c1-28(2,3)38-27(37)31-21-9-10-35(17-21)22-11-19-12-23(6-7-24(19)29-14-22)39-26-33-32-25-8-5-18(16-36(25)26)20-13-30-34(4)15-20/h5-8,11-16,21H,9-10,17H2,1-4H3,(H,31,37). The number of anilines is 1. The fraction of sp³-hybridized carbons (Fsp3) is 0.321. The molecule has 4 aromatic heterocycles. The third kappa shape index (κ3) is 5.53. The predicted molar refractivity (Wildman–Crippen MR) is 151 cm³/mol. The molecular weight excluding hydrogens is 512 g/mol. The molecule has 6 rings (SSSR count). The van der Waals surface area contributed by atoms with Crippen LogP contribution in [0.3, 0.4) is 0 Å². The number of aryl methyl sites for hydroxylation is 1. The molecule has 0 aliphatic carbocycles. The van der Waals surface area contributed by atoms with Gasteiger partial charge in [-0.15, -0.1) is 10.2 Å². The van der Waals surface area contributed by atoms with E-state index in [1.165, 1.54) is 0 Å². The molecule has 1 fully saturated rings. The molecule has 0 saturated carbocycles.